The SMILES string of the molecule is CCN=C1NC(=O)/C(=C/c2ccc(O)cc2O)S1. The quantitative estimate of drug-likeness (QED) is 0.710. The number of nitrogens with zero attached hydrogens (tertiary/aromatic N) is 1. The second-order valence-electron chi connectivity index (χ2n) is 3.59. The summed E-state index contributed by atoms with van der Waals surface area (Å²) in [7, 11) is 0. The normalized spacial score (nSPS) is 19.5. The summed E-state index contributed by atoms with van der Waals surface area (Å²) in [6, 6.07) is 4.22. The molecule has 0 atom stereocenters. The van der Waals surface area contributed by atoms with Crippen molar-refractivity contribution >= 4 is 28.9 Å². The van der Waals surface area contributed by atoms with Gasteiger partial charge in [-0.3, -0.25) is 9.79 Å². The summed E-state index contributed by atoms with van der Waals surface area (Å²) in [5.41, 5.74) is 0.475. The van der Waals surface area contributed by atoms with Gasteiger partial charge in [0.2, 0.25) is 0 Å². The third-order valence-corrected chi connectivity index (χ3v) is 3.20. The molecule has 1 aliphatic rings. The lowest BCUT2D eigenvalue weighted by Crippen LogP contribution is -2.19. The Hall–Kier alpha value is -1.95. The van der Waals surface area contributed by atoms with Gasteiger partial charge in [-0.2, -0.15) is 0 Å². The van der Waals surface area contributed by atoms with Gasteiger partial charge in [0.05, 0.1) is 4.91 Å². The molecule has 2 rings (SSSR count). The van der Waals surface area contributed by atoms with Crippen LogP contribution in [0.4, 0.5) is 0 Å². The van der Waals surface area contributed by atoms with Crippen molar-refractivity contribution in [2.45, 2.75) is 6.92 Å². The Bertz CT molecular complexity index is 552. The number of thioether (sulfide) groups is 1. The minimum absolute atomic E-state index is 0.0218. The van der Waals surface area contributed by atoms with Gasteiger partial charge in [-0.1, -0.05) is 0 Å². The van der Waals surface area contributed by atoms with Crippen LogP contribution in [0.1, 0.15) is 12.5 Å². The molecule has 0 unspecified atom stereocenters. The predicted octanol–water partition coefficient (Wildman–Crippen LogP) is 1.68. The Balaban J connectivity index is 2.29. The van der Waals surface area contributed by atoms with Crippen molar-refractivity contribution in [1.82, 2.24) is 5.32 Å². The molecule has 0 bridgehead atoms. The van der Waals surface area contributed by atoms with E-state index in [0.717, 1.165) is 0 Å². The van der Waals surface area contributed by atoms with Crippen LogP contribution in [0.3, 0.4) is 0 Å². The second kappa shape index (κ2) is 5.14. The number of nitrogens with one attached hydrogen (secondary N) is 1. The minimum Gasteiger partial charge on any atom is -0.508 e. The zero-order valence-electron chi connectivity index (χ0n) is 9.67. The Morgan fingerprint density at radius 1 is 1.44 bits per heavy atom. The first-order valence-electron chi connectivity index (χ1n) is 5.37. The molecule has 94 valence electrons. The molecule has 5 nitrogen and oxygen atoms in total. The predicted molar refractivity (Wildman–Crippen MR) is 71.5 cm³/mol. The fourth-order valence-electron chi connectivity index (χ4n) is 1.44. The fourth-order valence-corrected chi connectivity index (χ4v) is 2.32. The number of amidine groups is 1. The zero-order valence-corrected chi connectivity index (χ0v) is 10.5. The first-order valence-corrected chi connectivity index (χ1v) is 6.19. The molecule has 0 aliphatic carbocycles. The highest BCUT2D eigenvalue weighted by atomic mass is 32.2. The number of carbonyl (C=O) groups excluding carboxylic acids is 1. The van der Waals surface area contributed by atoms with Crippen molar-refractivity contribution < 1.29 is 15.0 Å². The average molecular weight is 264 g/mol. The topological polar surface area (TPSA) is 81.9 Å². The van der Waals surface area contributed by atoms with Gasteiger partial charge in [-0.25, -0.2) is 0 Å². The largest absolute Gasteiger partial charge is 0.508 e. The van der Waals surface area contributed by atoms with Gasteiger partial charge in [-0.15, -0.1) is 0 Å². The van der Waals surface area contributed by atoms with E-state index in [1.54, 1.807) is 12.1 Å². The average Bonchev–Trinajstić information content (AvgIpc) is 2.64. The number of phenolic OH excluding ortho intramolecular Hbond substituents is 2. The third kappa shape index (κ3) is 2.65. The Morgan fingerprint density at radius 3 is 2.89 bits per heavy atom. The monoisotopic (exact) mass is 264 g/mol. The van der Waals surface area contributed by atoms with Gasteiger partial charge in [0.15, 0.2) is 5.17 Å². The number of benzene rings is 1. The van der Waals surface area contributed by atoms with Crippen LogP contribution in [-0.2, 0) is 4.79 Å². The lowest BCUT2D eigenvalue weighted by Gasteiger charge is -2.00. The van der Waals surface area contributed by atoms with Crippen molar-refractivity contribution in [3.05, 3.63) is 28.7 Å². The van der Waals surface area contributed by atoms with Crippen LogP contribution in [0.25, 0.3) is 6.08 Å². The molecule has 1 saturated heterocycles. The van der Waals surface area contributed by atoms with E-state index in [9.17, 15) is 15.0 Å². The first kappa shape index (κ1) is 12.5. The number of hydrogen-bond donors (Lipinski definition) is 3. The van der Waals surface area contributed by atoms with Crippen LogP contribution in [0, 0.1) is 0 Å². The van der Waals surface area contributed by atoms with E-state index in [1.807, 2.05) is 6.92 Å². The standard InChI is InChI=1S/C12H12N2O3S/c1-2-13-12-14-11(17)10(18-12)5-7-3-4-8(15)6-9(7)16/h3-6,15-16H,2H2,1H3,(H,13,14,17)/b10-5-. The molecule has 1 aromatic rings. The molecular formula is C12H12N2O3S. The summed E-state index contributed by atoms with van der Waals surface area (Å²) in [5.74, 6) is -0.331. The van der Waals surface area contributed by atoms with Gasteiger partial charge in [0.1, 0.15) is 11.5 Å². The Morgan fingerprint density at radius 2 is 2.22 bits per heavy atom. The molecule has 0 saturated carbocycles. The van der Waals surface area contributed by atoms with E-state index in [0.29, 0.717) is 22.2 Å². The molecule has 1 heterocycles. The molecule has 1 aliphatic heterocycles. The number of amides is 1. The molecule has 1 fully saturated rings. The van der Waals surface area contributed by atoms with Crippen LogP contribution in [0.2, 0.25) is 0 Å². The van der Waals surface area contributed by atoms with Crippen LogP contribution >= 0.6 is 11.8 Å². The highest BCUT2D eigenvalue weighted by molar-refractivity contribution is 8.18. The molecule has 0 radical (unpaired) electrons. The first-order chi connectivity index (χ1) is 8.60. The molecule has 6 heteroatoms. The zero-order chi connectivity index (χ0) is 13.1. The summed E-state index contributed by atoms with van der Waals surface area (Å²) in [6.07, 6.45) is 1.56. The van der Waals surface area contributed by atoms with Gasteiger partial charge in [-0.05, 0) is 36.9 Å². The van der Waals surface area contributed by atoms with Crippen molar-refractivity contribution in [3.63, 3.8) is 0 Å². The lowest BCUT2D eigenvalue weighted by atomic mass is 10.2. The number of hydrogen-bond acceptors (Lipinski definition) is 5. The van der Waals surface area contributed by atoms with Crippen molar-refractivity contribution in [3.8, 4) is 11.5 Å². The van der Waals surface area contributed by atoms with Crippen molar-refractivity contribution in [1.29, 1.82) is 0 Å². The second-order valence-corrected chi connectivity index (χ2v) is 4.62. The maximum atomic E-state index is 11.6. The van der Waals surface area contributed by atoms with Crippen LogP contribution in [0.15, 0.2) is 28.1 Å². The fraction of sp³-hybridized carbons (Fsp3) is 0.167. The molecule has 0 aromatic heterocycles. The number of phenols is 2. The Labute approximate surface area is 108 Å². The lowest BCUT2D eigenvalue weighted by molar-refractivity contribution is -0.115. The van der Waals surface area contributed by atoms with E-state index in [2.05, 4.69) is 10.3 Å². The van der Waals surface area contributed by atoms with E-state index in [4.69, 9.17) is 0 Å². The number of aliphatic imine (C=N–C) groups is 1. The van der Waals surface area contributed by atoms with E-state index < -0.39 is 0 Å². The van der Waals surface area contributed by atoms with Gasteiger partial charge in [0, 0.05) is 18.2 Å². The van der Waals surface area contributed by atoms with Crippen LogP contribution in [0.5, 0.6) is 11.5 Å². The van der Waals surface area contributed by atoms with Gasteiger partial charge in [0.25, 0.3) is 5.91 Å². The highest BCUT2D eigenvalue weighted by Crippen LogP contribution is 2.30. The van der Waals surface area contributed by atoms with Gasteiger partial charge < -0.3 is 15.5 Å². The van der Waals surface area contributed by atoms with E-state index in [-0.39, 0.29) is 17.4 Å². The van der Waals surface area contributed by atoms with E-state index in [1.165, 1.54) is 23.9 Å². The molecule has 18 heavy (non-hydrogen) atoms. The Kier molecular flexibility index (Phi) is 3.57. The molecule has 1 aromatic carbocycles. The molecule has 3 N–H and O–H groups in total. The molecular weight excluding hydrogens is 252 g/mol. The van der Waals surface area contributed by atoms with Crippen molar-refractivity contribution in [2.24, 2.45) is 4.99 Å². The third-order valence-electron chi connectivity index (χ3n) is 2.25. The van der Waals surface area contributed by atoms with Crippen LogP contribution < -0.4 is 5.32 Å². The number of rotatable bonds is 2. The number of carbonyl (C=O) groups is 1. The maximum absolute atomic E-state index is 11.6. The van der Waals surface area contributed by atoms with Crippen molar-refractivity contribution in [2.75, 3.05) is 6.54 Å². The summed E-state index contributed by atoms with van der Waals surface area (Å²) in [5, 5.41) is 22.0. The minimum atomic E-state index is -0.236. The summed E-state index contributed by atoms with van der Waals surface area (Å²) in [6.45, 7) is 2.48. The van der Waals surface area contributed by atoms with Crippen LogP contribution in [-0.4, -0.2) is 27.8 Å². The van der Waals surface area contributed by atoms with Gasteiger partial charge >= 0.3 is 0 Å². The summed E-state index contributed by atoms with van der Waals surface area (Å²) < 4.78 is 0. The summed E-state index contributed by atoms with van der Waals surface area (Å²) in [4.78, 5) is 16.2. The van der Waals surface area contributed by atoms with E-state index >= 15 is 0 Å². The summed E-state index contributed by atoms with van der Waals surface area (Å²) >= 11 is 1.23. The molecule has 0 spiro atoms. The molecule has 1 amide bonds. The maximum Gasteiger partial charge on any atom is 0.264 e. The number of aromatic hydroxyl groups is 2. The highest BCUT2D eigenvalue weighted by Gasteiger charge is 2.23. The smallest absolute Gasteiger partial charge is 0.264 e.